The smallest absolute Gasteiger partial charge is 0.249 e. The van der Waals surface area contributed by atoms with E-state index in [4.69, 9.17) is 0 Å². The molecule has 1 aromatic rings. The Labute approximate surface area is 161 Å². The zero-order valence-corrected chi connectivity index (χ0v) is 16.0. The number of hydrogen-bond donors (Lipinski definition) is 1. The number of carbonyl (C=O) groups excluding carboxylic acids is 2. The van der Waals surface area contributed by atoms with Crippen molar-refractivity contribution in [3.05, 3.63) is 41.7 Å². The maximum Gasteiger partial charge on any atom is 0.249 e. The van der Waals surface area contributed by atoms with E-state index in [0.717, 1.165) is 76.6 Å². The Kier molecular flexibility index (Phi) is 5.28. The number of nitrogens with one attached hydrogen (secondary N) is 1. The number of hydrogen-bond acceptors (Lipinski definition) is 3. The van der Waals surface area contributed by atoms with E-state index in [1.54, 1.807) is 0 Å². The summed E-state index contributed by atoms with van der Waals surface area (Å²) in [5.41, 5.74) is 2.43. The van der Waals surface area contributed by atoms with Gasteiger partial charge in [-0.15, -0.1) is 0 Å². The fourth-order valence-electron chi connectivity index (χ4n) is 4.67. The van der Waals surface area contributed by atoms with Crippen LogP contribution in [0.2, 0.25) is 0 Å². The second-order valence-electron chi connectivity index (χ2n) is 8.28. The molecule has 1 aromatic heterocycles. The van der Waals surface area contributed by atoms with Crippen molar-refractivity contribution < 1.29 is 9.59 Å². The van der Waals surface area contributed by atoms with Gasteiger partial charge in [0.15, 0.2) is 0 Å². The summed E-state index contributed by atoms with van der Waals surface area (Å²) < 4.78 is 0. The van der Waals surface area contributed by atoms with Crippen molar-refractivity contribution in [2.75, 3.05) is 19.6 Å². The van der Waals surface area contributed by atoms with Crippen LogP contribution in [0.15, 0.2) is 36.2 Å². The van der Waals surface area contributed by atoms with Crippen LogP contribution in [0.3, 0.4) is 0 Å². The molecule has 3 aliphatic rings. The highest BCUT2D eigenvalue weighted by Crippen LogP contribution is 2.59. The minimum Gasteiger partial charge on any atom is -0.356 e. The highest BCUT2D eigenvalue weighted by molar-refractivity contribution is 5.94. The second kappa shape index (κ2) is 7.83. The minimum absolute atomic E-state index is 0.154. The largest absolute Gasteiger partial charge is 0.356 e. The predicted molar refractivity (Wildman–Crippen MR) is 104 cm³/mol. The van der Waals surface area contributed by atoms with Crippen LogP contribution in [-0.4, -0.2) is 41.3 Å². The molecule has 1 aliphatic heterocycles. The number of carbonyl (C=O) groups is 2. The van der Waals surface area contributed by atoms with E-state index in [-0.39, 0.29) is 23.1 Å². The molecule has 1 atom stereocenters. The van der Waals surface area contributed by atoms with Crippen LogP contribution in [0.4, 0.5) is 0 Å². The monoisotopic (exact) mass is 367 g/mol. The van der Waals surface area contributed by atoms with Crippen LogP contribution in [0, 0.1) is 11.3 Å². The van der Waals surface area contributed by atoms with Crippen LogP contribution in [0.5, 0.6) is 0 Å². The number of allylic oxidation sites excluding steroid dienone is 1. The molecular weight excluding hydrogens is 338 g/mol. The number of pyridine rings is 1. The molecule has 5 nitrogen and oxygen atoms in total. The maximum absolute atomic E-state index is 12.5. The molecule has 1 saturated heterocycles. The SMILES string of the molecule is O=C(NCCCc1ccncc1)C1CC12CCN(C(=O)C1=CCCC1)CC2. The molecule has 2 fully saturated rings. The van der Waals surface area contributed by atoms with Gasteiger partial charge >= 0.3 is 0 Å². The standard InChI is InChI=1S/C22H29N3O2/c26-20(24-11-3-4-17-7-12-23-13-8-17)19-16-22(19)9-14-25(15-10-22)21(27)18-5-1-2-6-18/h5,7-8,12-13,19H,1-4,6,9-11,14-16H2,(H,24,26). The zero-order chi connectivity index (χ0) is 18.7. The fraction of sp³-hybridized carbons (Fsp3) is 0.591. The Morgan fingerprint density at radius 3 is 2.70 bits per heavy atom. The third-order valence-corrected chi connectivity index (χ3v) is 6.56. The van der Waals surface area contributed by atoms with E-state index in [2.05, 4.69) is 16.4 Å². The summed E-state index contributed by atoms with van der Waals surface area (Å²) >= 11 is 0. The van der Waals surface area contributed by atoms with Crippen molar-refractivity contribution >= 4 is 11.8 Å². The Balaban J connectivity index is 1.18. The van der Waals surface area contributed by atoms with Crippen LogP contribution in [-0.2, 0) is 16.0 Å². The molecule has 5 heteroatoms. The summed E-state index contributed by atoms with van der Waals surface area (Å²) in [5, 5.41) is 3.12. The lowest BCUT2D eigenvalue weighted by Gasteiger charge is -2.33. The molecule has 2 amide bonds. The predicted octanol–water partition coefficient (Wildman–Crippen LogP) is 2.87. The van der Waals surface area contributed by atoms with E-state index in [1.165, 1.54) is 5.56 Å². The second-order valence-corrected chi connectivity index (χ2v) is 8.28. The van der Waals surface area contributed by atoms with E-state index in [9.17, 15) is 9.59 Å². The molecule has 0 aromatic carbocycles. The zero-order valence-electron chi connectivity index (χ0n) is 16.0. The van der Waals surface area contributed by atoms with Crippen LogP contribution < -0.4 is 5.32 Å². The lowest BCUT2D eigenvalue weighted by atomic mass is 9.90. The van der Waals surface area contributed by atoms with Crippen LogP contribution in [0.1, 0.15) is 50.5 Å². The molecule has 1 N–H and O–H groups in total. The Bertz CT molecular complexity index is 720. The first kappa shape index (κ1) is 18.2. The van der Waals surface area contributed by atoms with Crippen molar-refractivity contribution in [2.24, 2.45) is 11.3 Å². The molecular formula is C22H29N3O2. The minimum atomic E-state index is 0.154. The molecule has 27 heavy (non-hydrogen) atoms. The summed E-state index contributed by atoms with van der Waals surface area (Å²) in [6.45, 7) is 2.34. The van der Waals surface area contributed by atoms with Gasteiger partial charge < -0.3 is 10.2 Å². The number of amides is 2. The third kappa shape index (κ3) is 4.07. The summed E-state index contributed by atoms with van der Waals surface area (Å²) in [6, 6.07) is 4.04. The summed E-state index contributed by atoms with van der Waals surface area (Å²) in [5.74, 6) is 0.601. The summed E-state index contributed by atoms with van der Waals surface area (Å²) in [6.07, 6.45) is 13.7. The van der Waals surface area contributed by atoms with Gasteiger partial charge in [0.2, 0.25) is 11.8 Å². The highest BCUT2D eigenvalue weighted by Gasteiger charge is 2.58. The molecule has 4 rings (SSSR count). The topological polar surface area (TPSA) is 62.3 Å². The average molecular weight is 367 g/mol. The Morgan fingerprint density at radius 2 is 2.00 bits per heavy atom. The van der Waals surface area contributed by atoms with Crippen LogP contribution in [0.25, 0.3) is 0 Å². The number of piperidine rings is 1. The molecule has 2 heterocycles. The van der Waals surface area contributed by atoms with Crippen molar-refractivity contribution in [3.63, 3.8) is 0 Å². The van der Waals surface area contributed by atoms with Gasteiger partial charge in [0, 0.05) is 43.5 Å². The lowest BCUT2D eigenvalue weighted by molar-refractivity contribution is -0.129. The van der Waals surface area contributed by atoms with Gasteiger partial charge in [-0.3, -0.25) is 14.6 Å². The van der Waals surface area contributed by atoms with Gasteiger partial charge in [0.1, 0.15) is 0 Å². The van der Waals surface area contributed by atoms with Crippen LogP contribution >= 0.6 is 0 Å². The number of aromatic nitrogens is 1. The first-order chi connectivity index (χ1) is 13.2. The summed E-state index contributed by atoms with van der Waals surface area (Å²) in [7, 11) is 0. The fourth-order valence-corrected chi connectivity index (χ4v) is 4.67. The Hall–Kier alpha value is -2.17. The maximum atomic E-state index is 12.5. The van der Waals surface area contributed by atoms with Gasteiger partial charge in [0.25, 0.3) is 0 Å². The van der Waals surface area contributed by atoms with E-state index in [1.807, 2.05) is 29.4 Å². The van der Waals surface area contributed by atoms with Gasteiger partial charge in [-0.1, -0.05) is 6.08 Å². The van der Waals surface area contributed by atoms with Crippen molar-refractivity contribution in [2.45, 2.75) is 51.4 Å². The van der Waals surface area contributed by atoms with Gasteiger partial charge in [-0.2, -0.15) is 0 Å². The Morgan fingerprint density at radius 1 is 1.22 bits per heavy atom. The molecule has 2 aliphatic carbocycles. The van der Waals surface area contributed by atoms with E-state index >= 15 is 0 Å². The number of likely N-dealkylation sites (tertiary alicyclic amines) is 1. The molecule has 1 saturated carbocycles. The van der Waals surface area contributed by atoms with Crippen molar-refractivity contribution in [3.8, 4) is 0 Å². The molecule has 0 bridgehead atoms. The number of aryl methyl sites for hydroxylation is 1. The van der Waals surface area contributed by atoms with Gasteiger partial charge in [-0.25, -0.2) is 0 Å². The third-order valence-electron chi connectivity index (χ3n) is 6.56. The van der Waals surface area contributed by atoms with Crippen molar-refractivity contribution in [1.82, 2.24) is 15.2 Å². The van der Waals surface area contributed by atoms with Gasteiger partial charge in [-0.05, 0) is 74.5 Å². The lowest BCUT2D eigenvalue weighted by Crippen LogP contribution is -2.41. The molecule has 1 spiro atoms. The summed E-state index contributed by atoms with van der Waals surface area (Å²) in [4.78, 5) is 31.0. The molecule has 144 valence electrons. The quantitative estimate of drug-likeness (QED) is 0.787. The van der Waals surface area contributed by atoms with E-state index < -0.39 is 0 Å². The molecule has 1 unspecified atom stereocenters. The first-order valence-corrected chi connectivity index (χ1v) is 10.3. The highest BCUT2D eigenvalue weighted by atomic mass is 16.2. The average Bonchev–Trinajstić information content (AvgIpc) is 3.14. The molecule has 0 radical (unpaired) electrons. The van der Waals surface area contributed by atoms with Gasteiger partial charge in [0.05, 0.1) is 0 Å². The first-order valence-electron chi connectivity index (χ1n) is 10.3. The van der Waals surface area contributed by atoms with Crippen molar-refractivity contribution in [1.29, 1.82) is 0 Å². The number of rotatable bonds is 6. The normalized spacial score (nSPS) is 23.2. The van der Waals surface area contributed by atoms with E-state index in [0.29, 0.717) is 0 Å². The number of nitrogens with zero attached hydrogens (tertiary/aromatic N) is 2.